The van der Waals surface area contributed by atoms with E-state index in [-0.39, 0.29) is 18.2 Å². The van der Waals surface area contributed by atoms with Gasteiger partial charge >= 0.3 is 0 Å². The van der Waals surface area contributed by atoms with Gasteiger partial charge in [0.1, 0.15) is 17.0 Å². The van der Waals surface area contributed by atoms with Gasteiger partial charge in [-0.1, -0.05) is 25.1 Å². The minimum atomic E-state index is -1.05. The van der Waals surface area contributed by atoms with Crippen LogP contribution in [0.25, 0.3) is 5.69 Å². The number of ether oxygens (including phenoxy) is 1. The van der Waals surface area contributed by atoms with Crippen molar-refractivity contribution in [1.82, 2.24) is 9.78 Å². The predicted octanol–water partition coefficient (Wildman–Crippen LogP) is 3.27. The Balaban J connectivity index is 1.71. The Morgan fingerprint density at radius 3 is 2.60 bits per heavy atom. The van der Waals surface area contributed by atoms with Gasteiger partial charge in [-0.3, -0.25) is 9.59 Å². The van der Waals surface area contributed by atoms with Gasteiger partial charge in [-0.05, 0) is 42.3 Å². The number of para-hydroxylation sites is 1. The molecule has 2 aliphatic heterocycles. The molecule has 2 amide bonds. The molecule has 0 fully saturated rings. The van der Waals surface area contributed by atoms with Crippen LogP contribution in [0, 0.1) is 0 Å². The second-order valence-electron chi connectivity index (χ2n) is 7.62. The highest BCUT2D eigenvalue weighted by atomic mass is 16.5. The van der Waals surface area contributed by atoms with Gasteiger partial charge in [-0.25, -0.2) is 4.68 Å². The fourth-order valence-corrected chi connectivity index (χ4v) is 4.61. The molecule has 7 nitrogen and oxygen atoms in total. The first-order valence-corrected chi connectivity index (χ1v) is 10.0. The van der Waals surface area contributed by atoms with E-state index in [1.54, 1.807) is 18.0 Å². The number of amides is 2. The van der Waals surface area contributed by atoms with Crippen LogP contribution in [0.2, 0.25) is 0 Å². The number of aromatic nitrogens is 2. The molecular weight excluding hydrogens is 380 g/mol. The lowest BCUT2D eigenvalue weighted by atomic mass is 9.72. The van der Waals surface area contributed by atoms with E-state index in [9.17, 15) is 9.59 Å². The monoisotopic (exact) mass is 402 g/mol. The lowest BCUT2D eigenvalue weighted by Crippen LogP contribution is -2.46. The second-order valence-corrected chi connectivity index (χ2v) is 7.62. The number of carbonyl (C=O) groups excluding carboxylic acids is 2. The van der Waals surface area contributed by atoms with Gasteiger partial charge in [0, 0.05) is 24.2 Å². The van der Waals surface area contributed by atoms with Crippen molar-refractivity contribution in [1.29, 1.82) is 0 Å². The Morgan fingerprint density at radius 2 is 1.87 bits per heavy atom. The SMILES string of the molecule is CCCN1C(=O)[C@]2(CC(=O)Nc3c2cnn3-c2ccc(OC)cc2)c2ccccc21. The van der Waals surface area contributed by atoms with Crippen LogP contribution >= 0.6 is 0 Å². The summed E-state index contributed by atoms with van der Waals surface area (Å²) in [5.74, 6) is 1.02. The smallest absolute Gasteiger partial charge is 0.242 e. The first-order chi connectivity index (χ1) is 14.6. The minimum absolute atomic E-state index is 0.0593. The molecule has 7 heteroatoms. The average molecular weight is 402 g/mol. The van der Waals surface area contributed by atoms with E-state index in [1.165, 1.54) is 0 Å². The van der Waals surface area contributed by atoms with E-state index in [2.05, 4.69) is 10.4 Å². The second kappa shape index (κ2) is 6.73. The molecule has 1 atom stereocenters. The topological polar surface area (TPSA) is 76.5 Å². The molecule has 0 unspecified atom stereocenters. The molecule has 3 aromatic rings. The highest BCUT2D eigenvalue weighted by Gasteiger charge is 2.56. The molecule has 2 aromatic carbocycles. The minimum Gasteiger partial charge on any atom is -0.497 e. The number of hydrogen-bond acceptors (Lipinski definition) is 4. The molecule has 5 rings (SSSR count). The number of methoxy groups -OCH3 is 1. The van der Waals surface area contributed by atoms with Crippen LogP contribution < -0.4 is 15.0 Å². The quantitative estimate of drug-likeness (QED) is 0.727. The van der Waals surface area contributed by atoms with E-state index in [0.29, 0.717) is 12.4 Å². The van der Waals surface area contributed by atoms with Crippen molar-refractivity contribution in [2.75, 3.05) is 23.9 Å². The van der Waals surface area contributed by atoms with Crippen molar-refractivity contribution >= 4 is 23.3 Å². The molecule has 0 radical (unpaired) electrons. The molecule has 2 aliphatic rings. The number of anilines is 2. The zero-order chi connectivity index (χ0) is 20.9. The van der Waals surface area contributed by atoms with Gasteiger partial charge < -0.3 is 15.0 Å². The van der Waals surface area contributed by atoms with E-state index in [1.807, 2.05) is 60.4 Å². The molecule has 1 aromatic heterocycles. The molecule has 0 aliphatic carbocycles. The number of rotatable bonds is 4. The van der Waals surface area contributed by atoms with Crippen molar-refractivity contribution < 1.29 is 14.3 Å². The third-order valence-corrected chi connectivity index (χ3v) is 5.94. The first kappa shape index (κ1) is 18.4. The fraction of sp³-hybridized carbons (Fsp3) is 0.261. The first-order valence-electron chi connectivity index (χ1n) is 10.0. The Bertz CT molecular complexity index is 1150. The highest BCUT2D eigenvalue weighted by molar-refractivity contribution is 6.15. The third-order valence-electron chi connectivity index (χ3n) is 5.94. The average Bonchev–Trinajstić information content (AvgIpc) is 3.29. The number of fused-ring (bicyclic) bond motifs is 4. The molecule has 0 bridgehead atoms. The molecule has 152 valence electrons. The summed E-state index contributed by atoms with van der Waals surface area (Å²) in [4.78, 5) is 28.4. The fourth-order valence-electron chi connectivity index (χ4n) is 4.61. The van der Waals surface area contributed by atoms with Crippen LogP contribution in [0.1, 0.15) is 30.9 Å². The summed E-state index contributed by atoms with van der Waals surface area (Å²) >= 11 is 0. The van der Waals surface area contributed by atoms with Crippen molar-refractivity contribution in [2.45, 2.75) is 25.2 Å². The summed E-state index contributed by atoms with van der Waals surface area (Å²) in [6, 6.07) is 15.2. The maximum atomic E-state index is 13.8. The van der Waals surface area contributed by atoms with E-state index in [4.69, 9.17) is 4.74 Å². The Morgan fingerprint density at radius 1 is 1.10 bits per heavy atom. The van der Waals surface area contributed by atoms with Crippen LogP contribution in [-0.2, 0) is 15.0 Å². The van der Waals surface area contributed by atoms with Crippen LogP contribution in [0.4, 0.5) is 11.5 Å². The lowest BCUT2D eigenvalue weighted by Gasteiger charge is -2.32. The number of hydrogen-bond donors (Lipinski definition) is 1. The van der Waals surface area contributed by atoms with Gasteiger partial charge in [0.15, 0.2) is 0 Å². The van der Waals surface area contributed by atoms with Crippen molar-refractivity contribution in [3.05, 3.63) is 65.9 Å². The summed E-state index contributed by atoms with van der Waals surface area (Å²) in [7, 11) is 1.61. The van der Waals surface area contributed by atoms with Gasteiger partial charge in [-0.15, -0.1) is 0 Å². The van der Waals surface area contributed by atoms with Crippen molar-refractivity contribution in [3.63, 3.8) is 0 Å². The van der Waals surface area contributed by atoms with Crippen LogP contribution in [0.15, 0.2) is 54.7 Å². The highest BCUT2D eigenvalue weighted by Crippen LogP contribution is 2.52. The maximum Gasteiger partial charge on any atom is 0.242 e. The van der Waals surface area contributed by atoms with E-state index < -0.39 is 5.41 Å². The Labute approximate surface area is 174 Å². The number of nitrogens with zero attached hydrogens (tertiary/aromatic N) is 3. The Hall–Kier alpha value is -3.61. The summed E-state index contributed by atoms with van der Waals surface area (Å²) in [5, 5.41) is 7.49. The molecular formula is C23H22N4O3. The Kier molecular flexibility index (Phi) is 4.13. The zero-order valence-electron chi connectivity index (χ0n) is 16.9. The predicted molar refractivity (Wildman–Crippen MR) is 113 cm³/mol. The number of nitrogens with one attached hydrogen (secondary N) is 1. The molecule has 0 saturated carbocycles. The van der Waals surface area contributed by atoms with E-state index >= 15 is 0 Å². The van der Waals surface area contributed by atoms with Crippen LogP contribution in [0.5, 0.6) is 5.75 Å². The lowest BCUT2D eigenvalue weighted by molar-refractivity contribution is -0.126. The standard InChI is InChI=1S/C23H22N4O3/c1-3-12-26-19-7-5-4-6-17(19)23(22(26)29)13-20(28)25-21-18(23)14-24-27(21)15-8-10-16(30-2)11-9-15/h4-11,14H,3,12-13H2,1-2H3,(H,25,28)/t23-/m1/s1. The molecule has 3 heterocycles. The van der Waals surface area contributed by atoms with Gasteiger partial charge in [0.2, 0.25) is 11.8 Å². The van der Waals surface area contributed by atoms with Crippen molar-refractivity contribution in [2.24, 2.45) is 0 Å². The molecule has 0 saturated heterocycles. The maximum absolute atomic E-state index is 13.8. The largest absolute Gasteiger partial charge is 0.497 e. The number of benzene rings is 2. The molecule has 1 spiro atoms. The summed E-state index contributed by atoms with van der Waals surface area (Å²) in [6.45, 7) is 2.66. The van der Waals surface area contributed by atoms with Gasteiger partial charge in [0.25, 0.3) is 0 Å². The van der Waals surface area contributed by atoms with Crippen molar-refractivity contribution in [3.8, 4) is 11.4 Å². The van der Waals surface area contributed by atoms with Gasteiger partial charge in [0.05, 0.1) is 19.0 Å². The summed E-state index contributed by atoms with van der Waals surface area (Å²) in [6.07, 6.45) is 2.62. The summed E-state index contributed by atoms with van der Waals surface area (Å²) in [5.41, 5.74) is 2.21. The third kappa shape index (κ3) is 2.41. The van der Waals surface area contributed by atoms with Crippen LogP contribution in [-0.4, -0.2) is 35.2 Å². The van der Waals surface area contributed by atoms with E-state index in [0.717, 1.165) is 34.7 Å². The zero-order valence-corrected chi connectivity index (χ0v) is 16.9. The van der Waals surface area contributed by atoms with Gasteiger partial charge in [-0.2, -0.15) is 5.10 Å². The molecule has 30 heavy (non-hydrogen) atoms. The number of carbonyl (C=O) groups is 2. The normalized spacial score (nSPS) is 19.6. The summed E-state index contributed by atoms with van der Waals surface area (Å²) < 4.78 is 6.90. The molecule has 1 N–H and O–H groups in total. The van der Waals surface area contributed by atoms with Crippen LogP contribution in [0.3, 0.4) is 0 Å².